The number of halogens is 1. The van der Waals surface area contributed by atoms with Gasteiger partial charge in [0.2, 0.25) is 0 Å². The van der Waals surface area contributed by atoms with Crippen LogP contribution in [0, 0.1) is 0 Å². The average molecular weight is 466 g/mol. The summed E-state index contributed by atoms with van der Waals surface area (Å²) in [5.74, 6) is -0.0420. The SMILES string of the molecule is COc1ccccc1C(C(=O)Nc1ccccc1N)N1Cc2ccc(Br)cc2C1=O. The largest absolute Gasteiger partial charge is 0.496 e. The molecule has 0 radical (unpaired) electrons. The van der Waals surface area contributed by atoms with E-state index in [0.717, 1.165) is 10.0 Å². The summed E-state index contributed by atoms with van der Waals surface area (Å²) >= 11 is 3.41. The highest BCUT2D eigenvalue weighted by atomic mass is 79.9. The minimum absolute atomic E-state index is 0.210. The van der Waals surface area contributed by atoms with E-state index in [1.165, 1.54) is 0 Å². The summed E-state index contributed by atoms with van der Waals surface area (Å²) in [4.78, 5) is 28.3. The van der Waals surface area contributed by atoms with Gasteiger partial charge in [0.05, 0.1) is 18.5 Å². The van der Waals surface area contributed by atoms with Crippen LogP contribution < -0.4 is 15.8 Å². The van der Waals surface area contributed by atoms with Gasteiger partial charge in [0.15, 0.2) is 0 Å². The predicted molar refractivity (Wildman–Crippen MR) is 119 cm³/mol. The Balaban J connectivity index is 1.76. The molecular weight excluding hydrogens is 446 g/mol. The van der Waals surface area contributed by atoms with Crippen LogP contribution in [0.2, 0.25) is 0 Å². The highest BCUT2D eigenvalue weighted by molar-refractivity contribution is 9.10. The highest BCUT2D eigenvalue weighted by Crippen LogP contribution is 2.37. The van der Waals surface area contributed by atoms with E-state index in [-0.39, 0.29) is 11.8 Å². The van der Waals surface area contributed by atoms with Crippen LogP contribution in [-0.4, -0.2) is 23.8 Å². The van der Waals surface area contributed by atoms with Crippen molar-refractivity contribution in [3.63, 3.8) is 0 Å². The summed E-state index contributed by atoms with van der Waals surface area (Å²) in [7, 11) is 1.54. The third-order valence-corrected chi connectivity index (χ3v) is 5.61. The van der Waals surface area contributed by atoms with Crippen molar-refractivity contribution in [3.8, 4) is 5.75 Å². The van der Waals surface area contributed by atoms with Crippen molar-refractivity contribution in [1.82, 2.24) is 4.90 Å². The molecule has 30 heavy (non-hydrogen) atoms. The van der Waals surface area contributed by atoms with E-state index in [2.05, 4.69) is 21.2 Å². The molecule has 2 amide bonds. The van der Waals surface area contributed by atoms with Gasteiger partial charge >= 0.3 is 0 Å². The number of nitrogens with zero attached hydrogens (tertiary/aromatic N) is 1. The maximum atomic E-state index is 13.5. The standard InChI is InChI=1S/C23H20BrN3O3/c1-30-20-9-5-2-6-16(20)21(22(28)26-19-8-4-3-7-18(19)25)27-13-14-10-11-15(24)12-17(14)23(27)29/h2-12,21H,13,25H2,1H3,(H,26,28). The number of ether oxygens (including phenoxy) is 1. The summed E-state index contributed by atoms with van der Waals surface area (Å²) in [6.07, 6.45) is 0. The van der Waals surface area contributed by atoms with Crippen molar-refractivity contribution in [2.45, 2.75) is 12.6 Å². The highest BCUT2D eigenvalue weighted by Gasteiger charge is 2.39. The Hall–Kier alpha value is -3.32. The first-order valence-corrected chi connectivity index (χ1v) is 10.2. The van der Waals surface area contributed by atoms with Gasteiger partial charge in [0.1, 0.15) is 11.8 Å². The van der Waals surface area contributed by atoms with Crippen LogP contribution in [0.5, 0.6) is 5.75 Å². The maximum absolute atomic E-state index is 13.5. The van der Waals surface area contributed by atoms with Gasteiger partial charge in [-0.1, -0.05) is 52.3 Å². The van der Waals surface area contributed by atoms with Crippen molar-refractivity contribution in [3.05, 3.63) is 87.9 Å². The number of carbonyl (C=O) groups is 2. The number of rotatable bonds is 5. The van der Waals surface area contributed by atoms with E-state index in [1.807, 2.05) is 24.3 Å². The Labute approximate surface area is 182 Å². The molecular formula is C23H20BrN3O3. The Morgan fingerprint density at radius 3 is 2.63 bits per heavy atom. The number of fused-ring (bicyclic) bond motifs is 1. The summed E-state index contributed by atoms with van der Waals surface area (Å²) in [6, 6.07) is 18.9. The summed E-state index contributed by atoms with van der Waals surface area (Å²) in [5.41, 5.74) is 9.00. The molecule has 6 nitrogen and oxygen atoms in total. The molecule has 0 saturated carbocycles. The van der Waals surface area contributed by atoms with Crippen LogP contribution in [0.4, 0.5) is 11.4 Å². The fourth-order valence-electron chi connectivity index (χ4n) is 3.66. The minimum Gasteiger partial charge on any atom is -0.496 e. The molecule has 0 spiro atoms. The molecule has 3 aromatic carbocycles. The molecule has 1 unspecified atom stereocenters. The van der Waals surface area contributed by atoms with Crippen LogP contribution in [-0.2, 0) is 11.3 Å². The molecule has 0 aromatic heterocycles. The van der Waals surface area contributed by atoms with Gasteiger partial charge in [0.25, 0.3) is 11.8 Å². The van der Waals surface area contributed by atoms with E-state index in [1.54, 1.807) is 54.5 Å². The second kappa shape index (κ2) is 8.20. The van der Waals surface area contributed by atoms with Gasteiger partial charge in [-0.2, -0.15) is 0 Å². The number of para-hydroxylation sites is 3. The molecule has 7 heteroatoms. The first-order chi connectivity index (χ1) is 14.5. The number of nitrogen functional groups attached to an aromatic ring is 1. The zero-order valence-corrected chi connectivity index (χ0v) is 17.8. The molecule has 3 aromatic rings. The van der Waals surface area contributed by atoms with Crippen LogP contribution in [0.15, 0.2) is 71.2 Å². The van der Waals surface area contributed by atoms with Crippen molar-refractivity contribution in [1.29, 1.82) is 0 Å². The van der Waals surface area contributed by atoms with E-state index in [0.29, 0.717) is 34.8 Å². The number of hydrogen-bond acceptors (Lipinski definition) is 4. The number of carbonyl (C=O) groups excluding carboxylic acids is 2. The Kier molecular flexibility index (Phi) is 5.46. The lowest BCUT2D eigenvalue weighted by Crippen LogP contribution is -2.38. The molecule has 152 valence electrons. The number of nitrogens with two attached hydrogens (primary N) is 1. The van der Waals surface area contributed by atoms with Gasteiger partial charge in [0, 0.05) is 22.1 Å². The Morgan fingerprint density at radius 1 is 1.13 bits per heavy atom. The minimum atomic E-state index is -0.889. The predicted octanol–water partition coefficient (Wildman–Crippen LogP) is 4.38. The second-order valence-corrected chi connectivity index (χ2v) is 7.87. The molecule has 0 fully saturated rings. The topological polar surface area (TPSA) is 84.7 Å². The Bertz CT molecular complexity index is 1130. The monoisotopic (exact) mass is 465 g/mol. The van der Waals surface area contributed by atoms with Gasteiger partial charge in [-0.05, 0) is 35.9 Å². The third-order valence-electron chi connectivity index (χ3n) is 5.12. The molecule has 1 atom stereocenters. The summed E-state index contributed by atoms with van der Waals surface area (Å²) in [5, 5.41) is 2.87. The molecule has 1 aliphatic heterocycles. The van der Waals surface area contributed by atoms with Crippen molar-refractivity contribution in [2.24, 2.45) is 0 Å². The number of hydrogen-bond donors (Lipinski definition) is 2. The fraction of sp³-hybridized carbons (Fsp3) is 0.130. The first-order valence-electron chi connectivity index (χ1n) is 9.37. The zero-order chi connectivity index (χ0) is 21.3. The smallest absolute Gasteiger partial charge is 0.255 e. The van der Waals surface area contributed by atoms with Gasteiger partial charge in [-0.3, -0.25) is 9.59 Å². The van der Waals surface area contributed by atoms with E-state index in [9.17, 15) is 9.59 Å². The third kappa shape index (κ3) is 3.64. The molecule has 4 rings (SSSR count). The zero-order valence-electron chi connectivity index (χ0n) is 16.3. The van der Waals surface area contributed by atoms with Gasteiger partial charge in [-0.25, -0.2) is 0 Å². The number of anilines is 2. The molecule has 3 N–H and O–H groups in total. The fourth-order valence-corrected chi connectivity index (χ4v) is 4.02. The van der Waals surface area contributed by atoms with Crippen molar-refractivity contribution in [2.75, 3.05) is 18.2 Å². The molecule has 1 aliphatic rings. The normalized spacial score (nSPS) is 13.7. The number of nitrogens with one attached hydrogen (secondary N) is 1. The lowest BCUT2D eigenvalue weighted by molar-refractivity contribution is -0.120. The van der Waals surface area contributed by atoms with Crippen molar-refractivity contribution < 1.29 is 14.3 Å². The Morgan fingerprint density at radius 2 is 1.87 bits per heavy atom. The number of methoxy groups -OCH3 is 1. The number of benzene rings is 3. The average Bonchev–Trinajstić information content (AvgIpc) is 3.06. The summed E-state index contributed by atoms with van der Waals surface area (Å²) < 4.78 is 6.30. The lowest BCUT2D eigenvalue weighted by Gasteiger charge is -2.28. The van der Waals surface area contributed by atoms with Crippen LogP contribution >= 0.6 is 15.9 Å². The molecule has 1 heterocycles. The van der Waals surface area contributed by atoms with Crippen LogP contribution in [0.3, 0.4) is 0 Å². The molecule has 0 bridgehead atoms. The quantitative estimate of drug-likeness (QED) is 0.547. The van der Waals surface area contributed by atoms with E-state index >= 15 is 0 Å². The maximum Gasteiger partial charge on any atom is 0.255 e. The van der Waals surface area contributed by atoms with Crippen LogP contribution in [0.1, 0.15) is 27.5 Å². The lowest BCUT2D eigenvalue weighted by atomic mass is 10.0. The van der Waals surface area contributed by atoms with E-state index in [4.69, 9.17) is 10.5 Å². The molecule has 0 saturated heterocycles. The summed E-state index contributed by atoms with van der Waals surface area (Å²) in [6.45, 7) is 0.321. The number of amides is 2. The first kappa shape index (κ1) is 20.0. The molecule has 0 aliphatic carbocycles. The van der Waals surface area contributed by atoms with Crippen molar-refractivity contribution >= 4 is 39.1 Å². The van der Waals surface area contributed by atoms with Gasteiger partial charge < -0.3 is 20.7 Å². The van der Waals surface area contributed by atoms with E-state index < -0.39 is 6.04 Å². The van der Waals surface area contributed by atoms with Gasteiger partial charge in [-0.15, -0.1) is 0 Å². The second-order valence-electron chi connectivity index (χ2n) is 6.96. The van der Waals surface area contributed by atoms with Crippen LogP contribution in [0.25, 0.3) is 0 Å².